The number of pyridine rings is 1. The van der Waals surface area contributed by atoms with Gasteiger partial charge in [0.1, 0.15) is 0 Å². The summed E-state index contributed by atoms with van der Waals surface area (Å²) >= 11 is 0. The van der Waals surface area contributed by atoms with E-state index in [-0.39, 0.29) is 17.9 Å². The van der Waals surface area contributed by atoms with Crippen LogP contribution in [0.3, 0.4) is 0 Å². The summed E-state index contributed by atoms with van der Waals surface area (Å²) in [5.74, 6) is 0.675. The molecule has 0 radical (unpaired) electrons. The number of carbonyl (C=O) groups is 1. The van der Waals surface area contributed by atoms with E-state index in [1.54, 1.807) is 31.6 Å². The van der Waals surface area contributed by atoms with E-state index in [2.05, 4.69) is 25.7 Å². The number of ether oxygens (including phenoxy) is 1. The fourth-order valence-electron chi connectivity index (χ4n) is 3.20. The lowest BCUT2D eigenvalue weighted by Crippen LogP contribution is -2.40. The van der Waals surface area contributed by atoms with Crippen LogP contribution in [0.2, 0.25) is 0 Å². The molecule has 3 aromatic rings. The highest BCUT2D eigenvalue weighted by Crippen LogP contribution is 2.20. The van der Waals surface area contributed by atoms with E-state index in [9.17, 15) is 4.79 Å². The predicted molar refractivity (Wildman–Crippen MR) is 97.7 cm³/mol. The second-order valence-corrected chi connectivity index (χ2v) is 6.62. The normalized spacial score (nSPS) is 19.1. The van der Waals surface area contributed by atoms with Crippen LogP contribution >= 0.6 is 0 Å². The molecule has 138 valence electrons. The first-order valence-electron chi connectivity index (χ1n) is 8.81. The summed E-state index contributed by atoms with van der Waals surface area (Å²) < 4.78 is 5.60. The van der Waals surface area contributed by atoms with Crippen LogP contribution < -0.4 is 5.32 Å². The molecule has 1 amide bonds. The van der Waals surface area contributed by atoms with Gasteiger partial charge in [-0.2, -0.15) is 4.80 Å². The van der Waals surface area contributed by atoms with E-state index in [4.69, 9.17) is 4.74 Å². The smallest absolute Gasteiger partial charge is 0.251 e. The van der Waals surface area contributed by atoms with Gasteiger partial charge in [0.2, 0.25) is 5.82 Å². The highest BCUT2D eigenvalue weighted by Gasteiger charge is 2.29. The number of amides is 1. The number of rotatable bonds is 5. The molecular formula is C19H20N6O2. The minimum atomic E-state index is -0.108. The number of tetrazole rings is 1. The summed E-state index contributed by atoms with van der Waals surface area (Å²) in [6.45, 7) is 1.17. The van der Waals surface area contributed by atoms with Gasteiger partial charge in [0.15, 0.2) is 0 Å². The Morgan fingerprint density at radius 3 is 2.67 bits per heavy atom. The van der Waals surface area contributed by atoms with Gasteiger partial charge in [-0.05, 0) is 41.5 Å². The summed E-state index contributed by atoms with van der Waals surface area (Å²) in [5, 5.41) is 15.1. The molecule has 0 saturated carbocycles. The highest BCUT2D eigenvalue weighted by atomic mass is 16.5. The molecule has 4 rings (SSSR count). The van der Waals surface area contributed by atoms with Gasteiger partial charge in [0, 0.05) is 29.4 Å². The second-order valence-electron chi connectivity index (χ2n) is 6.62. The van der Waals surface area contributed by atoms with Gasteiger partial charge in [0.25, 0.3) is 5.91 Å². The maximum atomic E-state index is 12.6. The van der Waals surface area contributed by atoms with Crippen LogP contribution in [0.15, 0.2) is 48.8 Å². The summed E-state index contributed by atoms with van der Waals surface area (Å²) in [5.41, 5.74) is 2.61. The molecule has 2 atom stereocenters. The lowest BCUT2D eigenvalue weighted by atomic mass is 9.95. The zero-order valence-electron chi connectivity index (χ0n) is 14.9. The molecule has 1 saturated heterocycles. The molecule has 0 unspecified atom stereocenters. The van der Waals surface area contributed by atoms with Crippen molar-refractivity contribution in [1.82, 2.24) is 30.5 Å². The monoisotopic (exact) mass is 364 g/mol. The Morgan fingerprint density at radius 2 is 1.96 bits per heavy atom. The largest absolute Gasteiger partial charge is 0.379 e. The van der Waals surface area contributed by atoms with Crippen molar-refractivity contribution in [3.63, 3.8) is 0 Å². The summed E-state index contributed by atoms with van der Waals surface area (Å²) in [4.78, 5) is 18.1. The number of nitrogens with one attached hydrogen (secondary N) is 1. The van der Waals surface area contributed by atoms with Crippen molar-refractivity contribution in [2.75, 3.05) is 13.2 Å². The zero-order chi connectivity index (χ0) is 18.6. The minimum absolute atomic E-state index is 0.00741. The van der Waals surface area contributed by atoms with Gasteiger partial charge >= 0.3 is 0 Å². The molecule has 0 spiro atoms. The molecule has 1 aromatic carbocycles. The van der Waals surface area contributed by atoms with Gasteiger partial charge in [0.05, 0.1) is 26.3 Å². The van der Waals surface area contributed by atoms with E-state index in [1.165, 1.54) is 10.4 Å². The van der Waals surface area contributed by atoms with Crippen LogP contribution in [0, 0.1) is 5.92 Å². The molecule has 3 heterocycles. The third kappa shape index (κ3) is 4.01. The number of carbonyl (C=O) groups excluding carboxylic acids is 1. The Balaban J connectivity index is 1.40. The molecule has 0 aliphatic carbocycles. The fraction of sp³-hybridized carbons (Fsp3) is 0.316. The topological polar surface area (TPSA) is 94.8 Å². The fourth-order valence-corrected chi connectivity index (χ4v) is 3.20. The zero-order valence-corrected chi connectivity index (χ0v) is 14.9. The van der Waals surface area contributed by atoms with E-state index >= 15 is 0 Å². The van der Waals surface area contributed by atoms with Crippen LogP contribution in [-0.4, -0.2) is 50.4 Å². The minimum Gasteiger partial charge on any atom is -0.379 e. The Labute approximate surface area is 156 Å². The second kappa shape index (κ2) is 7.63. The van der Waals surface area contributed by atoms with E-state index < -0.39 is 0 Å². The number of aryl methyl sites for hydroxylation is 1. The van der Waals surface area contributed by atoms with E-state index in [1.807, 2.05) is 24.3 Å². The molecule has 8 heteroatoms. The third-order valence-electron chi connectivity index (χ3n) is 4.68. The van der Waals surface area contributed by atoms with Crippen LogP contribution in [0.5, 0.6) is 0 Å². The first kappa shape index (κ1) is 17.3. The van der Waals surface area contributed by atoms with Gasteiger partial charge in [-0.3, -0.25) is 9.78 Å². The van der Waals surface area contributed by atoms with Crippen molar-refractivity contribution in [2.24, 2.45) is 13.0 Å². The Bertz CT molecular complexity index is 909. The average molecular weight is 364 g/mol. The number of hydrogen-bond acceptors (Lipinski definition) is 6. The van der Waals surface area contributed by atoms with Crippen LogP contribution in [-0.2, 0) is 18.2 Å². The molecule has 1 N–H and O–H groups in total. The van der Waals surface area contributed by atoms with Gasteiger partial charge in [-0.15, -0.1) is 10.2 Å². The number of benzene rings is 1. The summed E-state index contributed by atoms with van der Waals surface area (Å²) in [6.07, 6.45) is 4.42. The first-order chi connectivity index (χ1) is 13.2. The molecule has 0 bridgehead atoms. The average Bonchev–Trinajstić information content (AvgIpc) is 3.32. The molecule has 1 fully saturated rings. The summed E-state index contributed by atoms with van der Waals surface area (Å²) in [7, 11) is 1.71. The predicted octanol–water partition coefficient (Wildman–Crippen LogP) is 1.26. The van der Waals surface area contributed by atoms with Crippen molar-refractivity contribution < 1.29 is 9.53 Å². The van der Waals surface area contributed by atoms with Crippen molar-refractivity contribution >= 4 is 5.91 Å². The quantitative estimate of drug-likeness (QED) is 0.732. The highest BCUT2D eigenvalue weighted by molar-refractivity contribution is 5.94. The Kier molecular flexibility index (Phi) is 4.88. The van der Waals surface area contributed by atoms with Crippen molar-refractivity contribution in [2.45, 2.75) is 12.5 Å². The van der Waals surface area contributed by atoms with Crippen molar-refractivity contribution in [3.05, 3.63) is 59.9 Å². The third-order valence-corrected chi connectivity index (χ3v) is 4.68. The molecule has 8 nitrogen and oxygen atoms in total. The number of aromatic nitrogens is 5. The summed E-state index contributed by atoms with van der Waals surface area (Å²) in [6, 6.07) is 11.2. The van der Waals surface area contributed by atoms with Crippen molar-refractivity contribution in [3.8, 4) is 11.4 Å². The van der Waals surface area contributed by atoms with Crippen LogP contribution in [0.4, 0.5) is 0 Å². The maximum absolute atomic E-state index is 12.6. The van der Waals surface area contributed by atoms with Crippen LogP contribution in [0.25, 0.3) is 11.4 Å². The lowest BCUT2D eigenvalue weighted by Gasteiger charge is -2.19. The van der Waals surface area contributed by atoms with E-state index in [0.717, 1.165) is 12.0 Å². The van der Waals surface area contributed by atoms with E-state index in [0.29, 0.717) is 24.6 Å². The van der Waals surface area contributed by atoms with Gasteiger partial charge in [-0.25, -0.2) is 0 Å². The number of nitrogens with zero attached hydrogens (tertiary/aromatic N) is 5. The lowest BCUT2D eigenvalue weighted by molar-refractivity contribution is 0.0925. The first-order valence-corrected chi connectivity index (χ1v) is 8.81. The maximum Gasteiger partial charge on any atom is 0.251 e. The molecule has 1 aliphatic heterocycles. The van der Waals surface area contributed by atoms with Crippen LogP contribution in [0.1, 0.15) is 15.9 Å². The standard InChI is InChI=1S/C19H20N6O2/c1-25-23-18(22-24-25)14-2-4-15(5-3-14)19(26)21-17-12-27-11-16(17)10-13-6-8-20-9-7-13/h2-9,16-17H,10-12H2,1H3,(H,21,26)/t16-,17+/m1/s1. The molecule has 2 aromatic heterocycles. The molecule has 27 heavy (non-hydrogen) atoms. The Hall–Kier alpha value is -3.13. The molecule has 1 aliphatic rings. The SMILES string of the molecule is Cn1nnc(-c2ccc(C(=O)N[C@H]3COC[C@H]3Cc3ccncc3)cc2)n1. The number of hydrogen-bond donors (Lipinski definition) is 1. The van der Waals surface area contributed by atoms with Gasteiger partial charge in [-0.1, -0.05) is 12.1 Å². The molecular weight excluding hydrogens is 344 g/mol. The van der Waals surface area contributed by atoms with Crippen molar-refractivity contribution in [1.29, 1.82) is 0 Å². The van der Waals surface area contributed by atoms with Gasteiger partial charge < -0.3 is 10.1 Å². The Morgan fingerprint density at radius 1 is 1.19 bits per heavy atom.